The molecule has 0 spiro atoms. The van der Waals surface area contributed by atoms with Crippen LogP contribution in [0.3, 0.4) is 0 Å². The van der Waals surface area contributed by atoms with Crippen LogP contribution in [-0.4, -0.2) is 58.1 Å². The summed E-state index contributed by atoms with van der Waals surface area (Å²) in [6, 6.07) is 8.43. The summed E-state index contributed by atoms with van der Waals surface area (Å²) >= 11 is 0. The molecule has 3 heterocycles. The number of anilines is 2. The molecule has 2 N–H and O–H groups in total. The van der Waals surface area contributed by atoms with Gasteiger partial charge in [0.25, 0.3) is 5.56 Å². The summed E-state index contributed by atoms with van der Waals surface area (Å²) in [5, 5.41) is 4.74. The summed E-state index contributed by atoms with van der Waals surface area (Å²) in [5.74, 6) is 0.287. The van der Waals surface area contributed by atoms with E-state index in [4.69, 9.17) is 4.98 Å². The highest BCUT2D eigenvalue weighted by Crippen LogP contribution is 2.42. The number of hydrogen-bond donors (Lipinski definition) is 2. The van der Waals surface area contributed by atoms with E-state index in [0.717, 1.165) is 65.4 Å². The lowest BCUT2D eigenvalue weighted by Gasteiger charge is -2.29. The fraction of sp³-hybridized carbons (Fsp3) is 0.333. The number of imidazole rings is 1. The van der Waals surface area contributed by atoms with Crippen molar-refractivity contribution < 1.29 is 8.96 Å². The minimum absolute atomic E-state index is 0.168. The highest BCUT2D eigenvalue weighted by molar-refractivity contribution is 7.63. The SMILES string of the molecule is Cc1cc(F)ccc1Nc1nc2ccc3c(C)c(C=CCN4CCP(C)(=O)CC4)[nH]c(=O)c3c2n1C. The van der Waals surface area contributed by atoms with Gasteiger partial charge in [-0.25, -0.2) is 9.37 Å². The Labute approximate surface area is 209 Å². The molecule has 1 aliphatic rings. The molecule has 2 aromatic carbocycles. The van der Waals surface area contributed by atoms with Gasteiger partial charge in [0.05, 0.1) is 23.6 Å². The third kappa shape index (κ3) is 4.63. The molecule has 36 heavy (non-hydrogen) atoms. The van der Waals surface area contributed by atoms with Gasteiger partial charge in [0, 0.05) is 50.4 Å². The molecule has 9 heteroatoms. The van der Waals surface area contributed by atoms with Crippen molar-refractivity contribution in [2.45, 2.75) is 13.8 Å². The van der Waals surface area contributed by atoms with E-state index in [1.165, 1.54) is 12.1 Å². The summed E-state index contributed by atoms with van der Waals surface area (Å²) in [7, 11) is -0.0757. The summed E-state index contributed by atoms with van der Waals surface area (Å²) in [6.45, 7) is 8.19. The number of nitrogens with one attached hydrogen (secondary N) is 2. The zero-order chi connectivity index (χ0) is 25.6. The molecule has 0 aliphatic carbocycles. The number of benzene rings is 2. The van der Waals surface area contributed by atoms with Gasteiger partial charge >= 0.3 is 0 Å². The Balaban J connectivity index is 1.47. The van der Waals surface area contributed by atoms with Crippen LogP contribution in [0.1, 0.15) is 16.8 Å². The Hall–Kier alpha value is -3.22. The first-order valence-electron chi connectivity index (χ1n) is 12.1. The summed E-state index contributed by atoms with van der Waals surface area (Å²) in [5.41, 5.74) is 4.58. The second-order valence-electron chi connectivity index (χ2n) is 9.87. The van der Waals surface area contributed by atoms with Crippen molar-refractivity contribution in [3.05, 3.63) is 69.4 Å². The van der Waals surface area contributed by atoms with E-state index in [2.05, 4.69) is 21.3 Å². The van der Waals surface area contributed by atoms with E-state index < -0.39 is 7.14 Å². The summed E-state index contributed by atoms with van der Waals surface area (Å²) in [6.07, 6.45) is 5.57. The number of halogens is 1. The van der Waals surface area contributed by atoms with Gasteiger partial charge in [-0.15, -0.1) is 0 Å². The van der Waals surface area contributed by atoms with Crippen molar-refractivity contribution in [2.24, 2.45) is 7.05 Å². The van der Waals surface area contributed by atoms with Crippen LogP contribution in [0.4, 0.5) is 16.0 Å². The van der Waals surface area contributed by atoms with Crippen LogP contribution in [0.15, 0.2) is 41.2 Å². The van der Waals surface area contributed by atoms with E-state index >= 15 is 0 Å². The third-order valence-electron chi connectivity index (χ3n) is 7.18. The highest BCUT2D eigenvalue weighted by Gasteiger charge is 2.23. The number of rotatable bonds is 5. The first kappa shape index (κ1) is 24.5. The number of H-pyrrole nitrogens is 1. The summed E-state index contributed by atoms with van der Waals surface area (Å²) < 4.78 is 27.6. The predicted molar refractivity (Wildman–Crippen MR) is 147 cm³/mol. The van der Waals surface area contributed by atoms with Crippen molar-refractivity contribution in [3.63, 3.8) is 0 Å². The van der Waals surface area contributed by atoms with Gasteiger partial charge in [-0.1, -0.05) is 12.1 Å². The summed E-state index contributed by atoms with van der Waals surface area (Å²) in [4.78, 5) is 23.3. The van der Waals surface area contributed by atoms with Gasteiger partial charge in [-0.2, -0.15) is 0 Å². The van der Waals surface area contributed by atoms with Gasteiger partial charge < -0.3 is 19.4 Å². The van der Waals surface area contributed by atoms with Crippen molar-refractivity contribution in [1.29, 1.82) is 0 Å². The molecule has 188 valence electrons. The molecule has 1 aliphatic heterocycles. The number of aromatic amines is 1. The molecule has 1 saturated heterocycles. The highest BCUT2D eigenvalue weighted by atomic mass is 31.2. The molecule has 0 radical (unpaired) electrons. The second-order valence-corrected chi connectivity index (χ2v) is 13.4. The van der Waals surface area contributed by atoms with Crippen molar-refractivity contribution in [2.75, 3.05) is 43.9 Å². The number of hydrogen-bond acceptors (Lipinski definition) is 5. The average Bonchev–Trinajstić information content (AvgIpc) is 3.15. The fourth-order valence-electron chi connectivity index (χ4n) is 4.87. The normalized spacial score (nSPS) is 16.4. The first-order valence-corrected chi connectivity index (χ1v) is 14.6. The number of pyridine rings is 1. The molecule has 4 aromatic rings. The third-order valence-corrected chi connectivity index (χ3v) is 9.47. The molecule has 1 fully saturated rings. The fourth-order valence-corrected chi connectivity index (χ4v) is 6.50. The van der Waals surface area contributed by atoms with Crippen LogP contribution in [0.5, 0.6) is 0 Å². The molecule has 0 unspecified atom stereocenters. The Kier molecular flexibility index (Phi) is 6.35. The lowest BCUT2D eigenvalue weighted by atomic mass is 10.0. The van der Waals surface area contributed by atoms with Crippen LogP contribution in [0, 0.1) is 19.7 Å². The van der Waals surface area contributed by atoms with Gasteiger partial charge in [-0.05, 0) is 67.4 Å². The maximum absolute atomic E-state index is 13.5. The number of nitrogens with zero attached hydrogens (tertiary/aromatic N) is 3. The Morgan fingerprint density at radius 2 is 1.94 bits per heavy atom. The maximum Gasteiger partial charge on any atom is 0.258 e. The van der Waals surface area contributed by atoms with Gasteiger partial charge in [0.1, 0.15) is 5.82 Å². The molecule has 5 rings (SSSR count). The van der Waals surface area contributed by atoms with Crippen LogP contribution in [-0.2, 0) is 11.6 Å². The largest absolute Gasteiger partial charge is 0.325 e. The first-order chi connectivity index (χ1) is 17.1. The number of fused-ring (bicyclic) bond motifs is 3. The van der Waals surface area contributed by atoms with E-state index in [1.807, 2.05) is 50.3 Å². The Morgan fingerprint density at radius 1 is 1.19 bits per heavy atom. The zero-order valence-electron chi connectivity index (χ0n) is 21.1. The monoisotopic (exact) mass is 507 g/mol. The standard InChI is InChI=1S/C27H31FN5O2P/c1-17-16-19(28)7-9-21(17)30-27-31-23-10-8-20-18(2)22(29-26(34)24(20)25(23)32(27)3)6-5-11-33-12-14-36(4,35)15-13-33/h5-10,16H,11-15H2,1-4H3,(H,29,34)(H,30,31). The number of aromatic nitrogens is 3. The van der Waals surface area contributed by atoms with Gasteiger partial charge in [-0.3, -0.25) is 9.69 Å². The predicted octanol–water partition coefficient (Wildman–Crippen LogP) is 5.24. The van der Waals surface area contributed by atoms with Gasteiger partial charge in [0.15, 0.2) is 0 Å². The Morgan fingerprint density at radius 3 is 2.67 bits per heavy atom. The molecule has 0 saturated carbocycles. The van der Waals surface area contributed by atoms with E-state index in [9.17, 15) is 13.8 Å². The molecule has 7 nitrogen and oxygen atoms in total. The molecule has 2 aromatic heterocycles. The van der Waals surface area contributed by atoms with Crippen LogP contribution in [0.25, 0.3) is 27.9 Å². The number of aryl methyl sites for hydroxylation is 3. The van der Waals surface area contributed by atoms with Gasteiger partial charge in [0.2, 0.25) is 5.95 Å². The topological polar surface area (TPSA) is 83.0 Å². The molecular formula is C27H31FN5O2P. The van der Waals surface area contributed by atoms with Crippen molar-refractivity contribution in [3.8, 4) is 0 Å². The minimum atomic E-state index is -1.94. The molecular weight excluding hydrogens is 476 g/mol. The molecule has 0 atom stereocenters. The lowest BCUT2D eigenvalue weighted by Crippen LogP contribution is -2.34. The Bertz CT molecular complexity index is 1610. The smallest absolute Gasteiger partial charge is 0.258 e. The van der Waals surface area contributed by atoms with Crippen LogP contribution < -0.4 is 10.9 Å². The minimum Gasteiger partial charge on any atom is -0.325 e. The van der Waals surface area contributed by atoms with Crippen molar-refractivity contribution >= 4 is 46.7 Å². The van der Waals surface area contributed by atoms with E-state index in [0.29, 0.717) is 16.9 Å². The maximum atomic E-state index is 13.5. The van der Waals surface area contributed by atoms with E-state index in [1.54, 1.807) is 6.07 Å². The quantitative estimate of drug-likeness (QED) is 0.361. The molecule has 0 amide bonds. The lowest BCUT2D eigenvalue weighted by molar-refractivity contribution is 0.327. The zero-order valence-corrected chi connectivity index (χ0v) is 22.0. The van der Waals surface area contributed by atoms with Crippen molar-refractivity contribution in [1.82, 2.24) is 19.4 Å². The molecule has 0 bridgehead atoms. The van der Waals surface area contributed by atoms with Crippen LogP contribution >= 0.6 is 7.14 Å². The second kappa shape index (κ2) is 9.34. The van der Waals surface area contributed by atoms with Crippen LogP contribution in [0.2, 0.25) is 0 Å². The average molecular weight is 508 g/mol. The van der Waals surface area contributed by atoms with E-state index in [-0.39, 0.29) is 11.4 Å².